The normalized spacial score (nSPS) is 15.8. The number of non-ortho nitro benzene ring substituents is 1. The first kappa shape index (κ1) is 21.5. The van der Waals surface area contributed by atoms with Gasteiger partial charge in [0, 0.05) is 74.5 Å². The highest BCUT2D eigenvalue weighted by Crippen LogP contribution is 2.38. The lowest BCUT2D eigenvalue weighted by atomic mass is 10.0. The average Bonchev–Trinajstić information content (AvgIpc) is 3.38. The summed E-state index contributed by atoms with van der Waals surface area (Å²) in [4.78, 5) is 31.5. The van der Waals surface area contributed by atoms with Gasteiger partial charge in [-0.3, -0.25) is 24.1 Å². The van der Waals surface area contributed by atoms with E-state index < -0.39 is 4.92 Å². The monoisotopic (exact) mass is 474 g/mol. The Morgan fingerprint density at radius 3 is 2.46 bits per heavy atom. The van der Waals surface area contributed by atoms with Crippen LogP contribution in [-0.2, 0) is 19.5 Å². The maximum absolute atomic E-state index is 13.1. The number of nitrogens with zero attached hydrogens (tertiary/aromatic N) is 5. The number of piperazine rings is 1. The van der Waals surface area contributed by atoms with Crippen molar-refractivity contribution >= 4 is 22.3 Å². The van der Waals surface area contributed by atoms with Gasteiger partial charge < -0.3 is 15.0 Å². The Labute approximate surface area is 200 Å². The Balaban J connectivity index is 1.15. The Morgan fingerprint density at radius 2 is 1.71 bits per heavy atom. The maximum atomic E-state index is 13.1. The fraction of sp³-hybridized carbons (Fsp3) is 0.320. The molecule has 0 atom stereocenters. The van der Waals surface area contributed by atoms with Crippen LogP contribution in [0.1, 0.15) is 5.56 Å². The van der Waals surface area contributed by atoms with E-state index in [0.717, 1.165) is 60.4 Å². The van der Waals surface area contributed by atoms with Crippen LogP contribution in [0, 0.1) is 10.1 Å². The molecule has 1 fully saturated rings. The van der Waals surface area contributed by atoms with Crippen molar-refractivity contribution in [3.05, 3.63) is 74.7 Å². The lowest BCUT2D eigenvalue weighted by molar-refractivity contribution is -0.384. The third-order valence-corrected chi connectivity index (χ3v) is 7.27. The van der Waals surface area contributed by atoms with Gasteiger partial charge in [-0.2, -0.15) is 0 Å². The molecule has 10 nitrogen and oxygen atoms in total. The third kappa shape index (κ3) is 3.57. The van der Waals surface area contributed by atoms with Crippen molar-refractivity contribution < 1.29 is 10.0 Å². The van der Waals surface area contributed by atoms with Gasteiger partial charge in [-0.15, -0.1) is 0 Å². The largest absolute Gasteiger partial charge is 0.493 e. The summed E-state index contributed by atoms with van der Waals surface area (Å²) >= 11 is 0. The minimum atomic E-state index is -0.391. The van der Waals surface area contributed by atoms with Crippen LogP contribution in [0.2, 0.25) is 0 Å². The fourth-order valence-corrected chi connectivity index (χ4v) is 5.38. The smallest absolute Gasteiger partial charge is 0.331 e. The topological polar surface area (TPSA) is 113 Å². The van der Waals surface area contributed by atoms with Gasteiger partial charge in [0.05, 0.1) is 10.6 Å². The molecule has 35 heavy (non-hydrogen) atoms. The molecule has 0 amide bonds. The molecule has 180 valence electrons. The van der Waals surface area contributed by atoms with E-state index in [2.05, 4.69) is 20.9 Å². The highest BCUT2D eigenvalue weighted by Gasteiger charge is 2.29. The van der Waals surface area contributed by atoms with E-state index in [1.54, 1.807) is 16.7 Å². The first-order chi connectivity index (χ1) is 17.0. The van der Waals surface area contributed by atoms with Gasteiger partial charge in [0.15, 0.2) is 0 Å². The third-order valence-electron chi connectivity index (χ3n) is 7.27. The van der Waals surface area contributed by atoms with Gasteiger partial charge in [0.25, 0.3) is 5.69 Å². The van der Waals surface area contributed by atoms with Crippen molar-refractivity contribution in [3.8, 4) is 17.3 Å². The van der Waals surface area contributed by atoms with E-state index in [1.807, 2.05) is 18.2 Å². The van der Waals surface area contributed by atoms with Crippen LogP contribution >= 0.6 is 0 Å². The number of benzene rings is 2. The summed E-state index contributed by atoms with van der Waals surface area (Å²) in [6.07, 6.45) is 0.750. The van der Waals surface area contributed by atoms with Crippen LogP contribution in [0.5, 0.6) is 5.88 Å². The van der Waals surface area contributed by atoms with Gasteiger partial charge in [-0.25, -0.2) is 4.79 Å². The van der Waals surface area contributed by atoms with Crippen molar-refractivity contribution in [2.45, 2.75) is 19.5 Å². The predicted molar refractivity (Wildman–Crippen MR) is 133 cm³/mol. The number of anilines is 1. The average molecular weight is 475 g/mol. The molecule has 4 aromatic rings. The highest BCUT2D eigenvalue weighted by molar-refractivity contribution is 5.91. The SMILES string of the molecule is O=c1n(CCN2CCN(c3ccc([N+](=O)[O-])cc3)CC2)c(O)c2n1CCc1c-2[nH]c2ccccc12. The molecule has 0 unspecified atom stereocenters. The van der Waals surface area contributed by atoms with E-state index >= 15 is 0 Å². The van der Waals surface area contributed by atoms with Crippen LogP contribution in [-0.4, -0.2) is 61.8 Å². The number of aromatic hydroxyl groups is 1. The molecule has 2 aliphatic rings. The van der Waals surface area contributed by atoms with E-state index in [1.165, 1.54) is 16.7 Å². The second kappa shape index (κ2) is 8.31. The molecule has 0 radical (unpaired) electrons. The summed E-state index contributed by atoms with van der Waals surface area (Å²) < 4.78 is 3.16. The van der Waals surface area contributed by atoms with Gasteiger partial charge in [0.1, 0.15) is 5.69 Å². The summed E-state index contributed by atoms with van der Waals surface area (Å²) in [6, 6.07) is 14.7. The number of H-pyrrole nitrogens is 1. The van der Waals surface area contributed by atoms with E-state index in [0.29, 0.717) is 25.3 Å². The van der Waals surface area contributed by atoms with E-state index in [4.69, 9.17) is 0 Å². The number of nitro benzene ring substituents is 1. The van der Waals surface area contributed by atoms with Crippen LogP contribution in [0.3, 0.4) is 0 Å². The summed E-state index contributed by atoms with van der Waals surface area (Å²) in [6.45, 7) is 4.84. The van der Waals surface area contributed by atoms with Crippen molar-refractivity contribution in [1.29, 1.82) is 0 Å². The zero-order valence-electron chi connectivity index (χ0n) is 19.2. The van der Waals surface area contributed by atoms with Gasteiger partial charge in [-0.1, -0.05) is 18.2 Å². The van der Waals surface area contributed by atoms with Crippen molar-refractivity contribution in [2.24, 2.45) is 0 Å². The maximum Gasteiger partial charge on any atom is 0.331 e. The number of aryl methyl sites for hydroxylation is 1. The first-order valence-electron chi connectivity index (χ1n) is 11.9. The fourth-order valence-electron chi connectivity index (χ4n) is 5.38. The number of imidazole rings is 1. The van der Waals surface area contributed by atoms with Crippen molar-refractivity contribution in [2.75, 3.05) is 37.6 Å². The molecular weight excluding hydrogens is 448 g/mol. The van der Waals surface area contributed by atoms with Crippen LogP contribution < -0.4 is 10.6 Å². The molecule has 0 bridgehead atoms. The molecule has 2 aromatic heterocycles. The highest BCUT2D eigenvalue weighted by atomic mass is 16.6. The minimum Gasteiger partial charge on any atom is -0.493 e. The lowest BCUT2D eigenvalue weighted by Crippen LogP contribution is -2.47. The van der Waals surface area contributed by atoms with Crippen molar-refractivity contribution in [1.82, 2.24) is 19.0 Å². The van der Waals surface area contributed by atoms with Crippen LogP contribution in [0.25, 0.3) is 22.3 Å². The zero-order chi connectivity index (χ0) is 24.1. The Hall–Kier alpha value is -4.05. The van der Waals surface area contributed by atoms with E-state index in [-0.39, 0.29) is 17.3 Å². The second-order valence-corrected chi connectivity index (χ2v) is 9.13. The number of hydrogen-bond donors (Lipinski definition) is 2. The molecule has 6 rings (SSSR count). The zero-order valence-corrected chi connectivity index (χ0v) is 19.2. The summed E-state index contributed by atoms with van der Waals surface area (Å²) in [5.74, 6) is 0.0204. The number of hydrogen-bond acceptors (Lipinski definition) is 6. The Morgan fingerprint density at radius 1 is 0.971 bits per heavy atom. The molecule has 10 heteroatoms. The molecular formula is C25H26N6O4. The number of aromatic nitrogens is 3. The van der Waals surface area contributed by atoms with Crippen molar-refractivity contribution in [3.63, 3.8) is 0 Å². The number of nitrogens with one attached hydrogen (secondary N) is 1. The first-order valence-corrected chi connectivity index (χ1v) is 11.9. The molecule has 0 aliphatic carbocycles. The molecule has 0 spiro atoms. The lowest BCUT2D eigenvalue weighted by Gasteiger charge is -2.36. The molecule has 2 N–H and O–H groups in total. The number of fused-ring (bicyclic) bond motifs is 5. The van der Waals surface area contributed by atoms with Crippen LogP contribution in [0.15, 0.2) is 53.3 Å². The van der Waals surface area contributed by atoms with Gasteiger partial charge in [-0.05, 0) is 30.2 Å². The number of rotatable bonds is 5. The Kier molecular flexibility index (Phi) is 5.10. The van der Waals surface area contributed by atoms with E-state index in [9.17, 15) is 20.0 Å². The molecule has 0 saturated carbocycles. The number of para-hydroxylation sites is 1. The number of aromatic amines is 1. The van der Waals surface area contributed by atoms with Gasteiger partial charge >= 0.3 is 5.69 Å². The molecule has 2 aliphatic heterocycles. The molecule has 2 aromatic carbocycles. The summed E-state index contributed by atoms with van der Waals surface area (Å²) in [5, 5.41) is 23.1. The van der Waals surface area contributed by atoms with Gasteiger partial charge in [0.2, 0.25) is 5.88 Å². The number of nitro groups is 1. The molecule has 1 saturated heterocycles. The summed E-state index contributed by atoms with van der Waals surface area (Å²) in [7, 11) is 0. The second-order valence-electron chi connectivity index (χ2n) is 9.13. The molecule has 4 heterocycles. The quantitative estimate of drug-likeness (QED) is 0.340. The summed E-state index contributed by atoms with van der Waals surface area (Å²) in [5.41, 5.74) is 4.46. The minimum absolute atomic E-state index is 0.0204. The Bertz CT molecular complexity index is 1470. The standard InChI is InChI=1S/C25H26N6O4/c32-24-23-22-20(19-3-1-2-4-21(19)26-22)9-10-29(23)25(33)30(24)16-13-27-11-14-28(15-12-27)17-5-7-18(8-6-17)31(34)35/h1-8,26,32H,9-16H2. The predicted octanol–water partition coefficient (Wildman–Crippen LogP) is 2.79. The van der Waals surface area contributed by atoms with Crippen LogP contribution in [0.4, 0.5) is 11.4 Å².